The number of benzene rings is 1. The molecule has 2 amide bonds. The summed E-state index contributed by atoms with van der Waals surface area (Å²) < 4.78 is 24.7. The van der Waals surface area contributed by atoms with Crippen molar-refractivity contribution in [3.05, 3.63) is 46.7 Å². The van der Waals surface area contributed by atoms with Crippen molar-refractivity contribution in [1.82, 2.24) is 5.32 Å². The largest absolute Gasteiger partial charge is 0.445 e. The highest BCUT2D eigenvalue weighted by Crippen LogP contribution is 2.26. The summed E-state index contributed by atoms with van der Waals surface area (Å²) in [7, 11) is 0. The Hall–Kier alpha value is -3.06. The molecule has 1 aromatic rings. The molecule has 5 atom stereocenters. The van der Waals surface area contributed by atoms with E-state index in [4.69, 9.17) is 26.4 Å². The van der Waals surface area contributed by atoms with Crippen LogP contribution < -0.4 is 16.8 Å². The number of aryl methyl sites for hydroxylation is 1. The molecule has 1 saturated heterocycles. The number of nitrogens with one attached hydrogen (secondary N) is 2. The molecule has 1 aliphatic heterocycles. The first-order valence-electron chi connectivity index (χ1n) is 12.1. The van der Waals surface area contributed by atoms with Crippen LogP contribution in [-0.2, 0) is 31.9 Å². The van der Waals surface area contributed by atoms with E-state index in [1.54, 1.807) is 0 Å². The molecule has 1 aromatic carbocycles. The predicted molar refractivity (Wildman–Crippen MR) is 133 cm³/mol. The van der Waals surface area contributed by atoms with Gasteiger partial charge in [-0.2, -0.15) is 0 Å². The fourth-order valence-corrected chi connectivity index (χ4v) is 3.74. The number of hydrogen-bond acceptors (Lipinski definition) is 9. The highest BCUT2D eigenvalue weighted by Gasteiger charge is 2.46. The first kappa shape index (κ1) is 30.2. The maximum atomic E-state index is 14.0. The molecule has 5 unspecified atom stereocenters. The van der Waals surface area contributed by atoms with Crippen molar-refractivity contribution in [3.63, 3.8) is 0 Å². The SMILES string of the molecule is CC(C)/C(N)=C(\Cc1ccc(CCCC(=O)NCC(N)=O)cc1)C(=N)OC1OC(CO)C(F)C(O)C1O. The second-order valence-electron chi connectivity index (χ2n) is 9.28. The second-order valence-corrected chi connectivity index (χ2v) is 9.28. The molecule has 1 aliphatic rings. The first-order valence-corrected chi connectivity index (χ1v) is 12.1. The lowest BCUT2D eigenvalue weighted by Crippen LogP contribution is -2.58. The molecule has 0 bridgehead atoms. The lowest BCUT2D eigenvalue weighted by molar-refractivity contribution is -0.269. The third kappa shape index (κ3) is 8.78. The standard InChI is InChI=1S/C25H37FN4O7/c1-13(2)21(28)16(24(29)37-25-23(35)22(34)20(26)17(12-31)36-25)10-15-8-6-14(7-9-15)4-3-5-19(33)30-11-18(27)32/h6-9,13,17,20,22-23,25,29,31,34-35H,3-5,10-12,28H2,1-2H3,(H2,27,32)(H,30,33)/b21-16-,29-24?. The van der Waals surface area contributed by atoms with Crippen LogP contribution in [0.2, 0.25) is 0 Å². The van der Waals surface area contributed by atoms with Gasteiger partial charge in [-0.3, -0.25) is 15.0 Å². The van der Waals surface area contributed by atoms with Crippen LogP contribution in [0.4, 0.5) is 4.39 Å². The zero-order chi connectivity index (χ0) is 27.7. The minimum absolute atomic E-state index is 0.137. The van der Waals surface area contributed by atoms with Gasteiger partial charge in [-0.05, 0) is 29.9 Å². The van der Waals surface area contributed by atoms with Crippen LogP contribution in [0, 0.1) is 11.3 Å². The smallest absolute Gasteiger partial charge is 0.236 e. The van der Waals surface area contributed by atoms with Gasteiger partial charge in [-0.1, -0.05) is 38.1 Å². The van der Waals surface area contributed by atoms with Crippen LogP contribution in [-0.4, -0.2) is 77.0 Å². The lowest BCUT2D eigenvalue weighted by atomic mass is 9.96. The number of aliphatic hydroxyl groups is 3. The summed E-state index contributed by atoms with van der Waals surface area (Å²) in [6.45, 7) is 2.76. The molecule has 1 heterocycles. The Bertz CT molecular complexity index is 968. The Morgan fingerprint density at radius 3 is 2.35 bits per heavy atom. The number of nitrogens with two attached hydrogens (primary N) is 2. The Morgan fingerprint density at radius 1 is 1.16 bits per heavy atom. The Balaban J connectivity index is 2.04. The molecule has 0 aliphatic carbocycles. The number of alkyl halides is 1. The molecular formula is C25H37FN4O7. The number of aliphatic hydroxyl groups excluding tert-OH is 3. The van der Waals surface area contributed by atoms with E-state index in [2.05, 4.69) is 5.32 Å². The first-order chi connectivity index (χ1) is 17.4. The number of amides is 2. The quantitative estimate of drug-likeness (QED) is 0.144. The Kier molecular flexibility index (Phi) is 11.4. The summed E-state index contributed by atoms with van der Waals surface area (Å²) in [6.07, 6.45) is -6.90. The minimum Gasteiger partial charge on any atom is -0.445 e. The fourth-order valence-electron chi connectivity index (χ4n) is 3.74. The number of hydrogen-bond donors (Lipinski definition) is 7. The van der Waals surface area contributed by atoms with Gasteiger partial charge in [0, 0.05) is 24.1 Å². The van der Waals surface area contributed by atoms with Gasteiger partial charge in [0.25, 0.3) is 0 Å². The molecule has 12 heteroatoms. The molecule has 0 spiro atoms. The van der Waals surface area contributed by atoms with Gasteiger partial charge in [0.1, 0.15) is 18.3 Å². The number of halogens is 1. The summed E-state index contributed by atoms with van der Waals surface area (Å²) in [5.74, 6) is -1.39. The number of carbonyl (C=O) groups is 2. The van der Waals surface area contributed by atoms with Crippen LogP contribution in [0.5, 0.6) is 0 Å². The van der Waals surface area contributed by atoms with Gasteiger partial charge >= 0.3 is 0 Å². The van der Waals surface area contributed by atoms with E-state index in [0.717, 1.165) is 11.1 Å². The van der Waals surface area contributed by atoms with E-state index in [0.29, 0.717) is 24.1 Å². The molecule has 0 saturated carbocycles. The van der Waals surface area contributed by atoms with Gasteiger partial charge in [0.2, 0.25) is 24.0 Å². The van der Waals surface area contributed by atoms with E-state index in [-0.39, 0.29) is 31.2 Å². The van der Waals surface area contributed by atoms with Gasteiger partial charge in [0.05, 0.1) is 13.2 Å². The van der Waals surface area contributed by atoms with Crippen molar-refractivity contribution < 1.29 is 38.8 Å². The molecule has 1 fully saturated rings. The summed E-state index contributed by atoms with van der Waals surface area (Å²) in [5, 5.41) is 40.3. The number of allylic oxidation sites excluding steroid dienone is 1. The van der Waals surface area contributed by atoms with Crippen molar-refractivity contribution in [2.75, 3.05) is 13.2 Å². The fraction of sp³-hybridized carbons (Fsp3) is 0.560. The Morgan fingerprint density at radius 2 is 1.78 bits per heavy atom. The second kappa shape index (κ2) is 14.0. The van der Waals surface area contributed by atoms with Crippen LogP contribution in [0.3, 0.4) is 0 Å². The molecule has 37 heavy (non-hydrogen) atoms. The number of ether oxygens (including phenoxy) is 2. The van der Waals surface area contributed by atoms with E-state index in [1.165, 1.54) is 0 Å². The normalized spacial score (nSPS) is 24.4. The Labute approximate surface area is 215 Å². The van der Waals surface area contributed by atoms with E-state index < -0.39 is 49.2 Å². The van der Waals surface area contributed by atoms with Crippen molar-refractivity contribution in [1.29, 1.82) is 5.41 Å². The molecule has 0 aromatic heterocycles. The number of rotatable bonds is 12. The summed E-state index contributed by atoms with van der Waals surface area (Å²) >= 11 is 0. The molecule has 0 radical (unpaired) electrons. The maximum absolute atomic E-state index is 14.0. The zero-order valence-electron chi connectivity index (χ0n) is 21.0. The monoisotopic (exact) mass is 524 g/mol. The minimum atomic E-state index is -2.01. The molecular weight excluding hydrogens is 487 g/mol. The molecule has 2 rings (SSSR count). The molecule has 9 N–H and O–H groups in total. The average molecular weight is 525 g/mol. The third-order valence-corrected chi connectivity index (χ3v) is 6.01. The number of primary amides is 1. The van der Waals surface area contributed by atoms with Crippen molar-refractivity contribution in [3.8, 4) is 0 Å². The summed E-state index contributed by atoms with van der Waals surface area (Å²) in [5.41, 5.74) is 13.8. The van der Waals surface area contributed by atoms with Crippen LogP contribution in [0.1, 0.15) is 37.8 Å². The highest BCUT2D eigenvalue weighted by molar-refractivity contribution is 5.92. The highest BCUT2D eigenvalue weighted by atomic mass is 19.1. The average Bonchev–Trinajstić information content (AvgIpc) is 2.86. The third-order valence-electron chi connectivity index (χ3n) is 6.01. The van der Waals surface area contributed by atoms with Gasteiger partial charge in [0.15, 0.2) is 6.17 Å². The van der Waals surface area contributed by atoms with E-state index in [1.807, 2.05) is 38.1 Å². The lowest BCUT2D eigenvalue weighted by Gasteiger charge is -2.38. The van der Waals surface area contributed by atoms with E-state index in [9.17, 15) is 29.3 Å². The molecule has 206 valence electrons. The van der Waals surface area contributed by atoms with Crippen LogP contribution in [0.25, 0.3) is 0 Å². The van der Waals surface area contributed by atoms with Gasteiger partial charge < -0.3 is 41.6 Å². The zero-order valence-corrected chi connectivity index (χ0v) is 21.0. The van der Waals surface area contributed by atoms with Crippen molar-refractivity contribution >= 4 is 17.7 Å². The summed E-state index contributed by atoms with van der Waals surface area (Å²) in [4.78, 5) is 22.4. The predicted octanol–water partition coefficient (Wildman–Crippen LogP) is -0.207. The summed E-state index contributed by atoms with van der Waals surface area (Å²) in [6, 6.07) is 7.49. The van der Waals surface area contributed by atoms with Crippen molar-refractivity contribution in [2.24, 2.45) is 17.4 Å². The molecule has 11 nitrogen and oxygen atoms in total. The van der Waals surface area contributed by atoms with Gasteiger partial charge in [-0.25, -0.2) is 4.39 Å². The van der Waals surface area contributed by atoms with Crippen LogP contribution >= 0.6 is 0 Å². The van der Waals surface area contributed by atoms with Crippen LogP contribution in [0.15, 0.2) is 35.5 Å². The van der Waals surface area contributed by atoms with Crippen molar-refractivity contribution in [2.45, 2.75) is 70.3 Å². The number of carbonyl (C=O) groups excluding carboxylic acids is 2. The topological polar surface area (TPSA) is 201 Å². The van der Waals surface area contributed by atoms with E-state index >= 15 is 0 Å². The van der Waals surface area contributed by atoms with Gasteiger partial charge in [-0.15, -0.1) is 0 Å². The maximum Gasteiger partial charge on any atom is 0.236 e.